The average molecular weight is 574 g/mol. The van der Waals surface area contributed by atoms with E-state index in [2.05, 4.69) is 25.8 Å². The Labute approximate surface area is 238 Å². The fraction of sp³-hybridized carbons (Fsp3) is 0.214. The smallest absolute Gasteiger partial charge is 0.414 e. The zero-order valence-corrected chi connectivity index (χ0v) is 21.9. The lowest BCUT2D eigenvalue weighted by molar-refractivity contribution is -0.0542. The van der Waals surface area contributed by atoms with Crippen molar-refractivity contribution in [2.24, 2.45) is 0 Å². The number of hydroxylamine groups is 1. The second-order valence-corrected chi connectivity index (χ2v) is 9.51. The lowest BCUT2D eigenvalue weighted by Gasteiger charge is -2.15. The van der Waals surface area contributed by atoms with Crippen LogP contribution in [0.2, 0.25) is 0 Å². The van der Waals surface area contributed by atoms with E-state index < -0.39 is 36.2 Å². The van der Waals surface area contributed by atoms with Crippen molar-refractivity contribution in [1.29, 1.82) is 0 Å². The normalized spacial score (nSPS) is 18.8. The van der Waals surface area contributed by atoms with E-state index in [1.165, 1.54) is 35.8 Å². The Morgan fingerprint density at radius 1 is 1.21 bits per heavy atom. The number of hydrogen-bond acceptors (Lipinski definition) is 11. The molecule has 214 valence electrons. The number of nitrogens with one attached hydrogen (secondary N) is 1. The summed E-state index contributed by atoms with van der Waals surface area (Å²) >= 11 is 0. The molecule has 3 atom stereocenters. The van der Waals surface area contributed by atoms with E-state index in [9.17, 15) is 14.7 Å². The molecule has 4 aromatic rings. The van der Waals surface area contributed by atoms with E-state index in [-0.39, 0.29) is 18.7 Å². The highest BCUT2D eigenvalue weighted by Gasteiger charge is 2.33. The highest BCUT2D eigenvalue weighted by molar-refractivity contribution is 5.90. The maximum atomic E-state index is 15.2. The summed E-state index contributed by atoms with van der Waals surface area (Å²) < 4.78 is 27.3. The van der Waals surface area contributed by atoms with Crippen LogP contribution in [0.5, 0.6) is 0 Å². The van der Waals surface area contributed by atoms with Gasteiger partial charge in [0, 0.05) is 35.9 Å². The number of carbonyl (C=O) groups excluding carboxylic acids is 2. The lowest BCUT2D eigenvalue weighted by atomic mass is 10.1. The van der Waals surface area contributed by atoms with Crippen LogP contribution in [0.1, 0.15) is 16.1 Å². The number of aliphatic hydroxyl groups excluding tert-OH is 1. The van der Waals surface area contributed by atoms with E-state index in [0.29, 0.717) is 34.8 Å². The Morgan fingerprint density at radius 2 is 2.12 bits per heavy atom. The maximum absolute atomic E-state index is 15.2. The number of carbonyl (C=O) groups is 2. The average Bonchev–Trinajstić information content (AvgIpc) is 3.78. The van der Waals surface area contributed by atoms with Crippen molar-refractivity contribution in [1.82, 2.24) is 30.4 Å². The molecule has 2 aliphatic heterocycles. The molecular formula is C28H24FN7O6. The Bertz CT molecular complexity index is 1600. The zero-order chi connectivity index (χ0) is 29.1. The van der Waals surface area contributed by atoms with Gasteiger partial charge in [0.05, 0.1) is 41.9 Å². The number of aromatic nitrogens is 5. The van der Waals surface area contributed by atoms with Gasteiger partial charge in [-0.15, -0.1) is 5.10 Å². The molecular weight excluding hydrogens is 549 g/mol. The predicted octanol–water partition coefficient (Wildman–Crippen LogP) is 2.36. The third kappa shape index (κ3) is 5.80. The largest absolute Gasteiger partial charge is 0.459 e. The molecule has 0 bridgehead atoms. The van der Waals surface area contributed by atoms with Crippen LogP contribution in [-0.2, 0) is 20.9 Å². The first-order chi connectivity index (χ1) is 20.4. The van der Waals surface area contributed by atoms with Gasteiger partial charge < -0.3 is 14.6 Å². The fourth-order valence-corrected chi connectivity index (χ4v) is 4.50. The summed E-state index contributed by atoms with van der Waals surface area (Å²) in [6.45, 7) is 0.306. The van der Waals surface area contributed by atoms with Crippen molar-refractivity contribution in [3.8, 4) is 11.1 Å². The Kier molecular flexibility index (Phi) is 7.53. The summed E-state index contributed by atoms with van der Waals surface area (Å²) in [4.78, 5) is 39.5. The van der Waals surface area contributed by atoms with Crippen molar-refractivity contribution in [3.63, 3.8) is 0 Å². The number of anilines is 1. The fourth-order valence-electron chi connectivity index (χ4n) is 4.50. The van der Waals surface area contributed by atoms with Gasteiger partial charge in [0.15, 0.2) is 0 Å². The molecule has 42 heavy (non-hydrogen) atoms. The molecule has 3 aromatic heterocycles. The number of amides is 1. The zero-order valence-electron chi connectivity index (χ0n) is 21.9. The first-order valence-electron chi connectivity index (χ1n) is 12.9. The summed E-state index contributed by atoms with van der Waals surface area (Å²) in [5.41, 5.74) is 5.17. The van der Waals surface area contributed by atoms with E-state index in [0.717, 1.165) is 0 Å². The minimum Gasteiger partial charge on any atom is -0.459 e. The highest BCUT2D eigenvalue weighted by Crippen LogP contribution is 2.30. The number of hydrogen-bond donors (Lipinski definition) is 2. The van der Waals surface area contributed by atoms with Gasteiger partial charge in [-0.1, -0.05) is 11.3 Å². The van der Waals surface area contributed by atoms with E-state index in [1.54, 1.807) is 53.4 Å². The van der Waals surface area contributed by atoms with Crippen LogP contribution in [0.4, 0.5) is 14.9 Å². The molecule has 14 heteroatoms. The number of esters is 1. The first kappa shape index (κ1) is 27.0. The van der Waals surface area contributed by atoms with Gasteiger partial charge in [-0.25, -0.2) is 18.7 Å². The number of ether oxygens (including phenoxy) is 2. The summed E-state index contributed by atoms with van der Waals surface area (Å²) in [6.07, 6.45) is 6.31. The second-order valence-electron chi connectivity index (χ2n) is 9.51. The van der Waals surface area contributed by atoms with Crippen molar-refractivity contribution in [3.05, 3.63) is 96.6 Å². The number of benzene rings is 1. The van der Waals surface area contributed by atoms with Gasteiger partial charge >= 0.3 is 12.1 Å². The van der Waals surface area contributed by atoms with Crippen LogP contribution < -0.4 is 10.4 Å². The molecule has 0 spiro atoms. The van der Waals surface area contributed by atoms with Gasteiger partial charge in [-0.05, 0) is 42.5 Å². The molecule has 6 rings (SSSR count). The van der Waals surface area contributed by atoms with E-state index in [1.807, 2.05) is 0 Å². The predicted molar refractivity (Wildman–Crippen MR) is 144 cm³/mol. The van der Waals surface area contributed by atoms with Crippen molar-refractivity contribution in [2.45, 2.75) is 24.9 Å². The SMILES string of the molecule is O=C(OC[C@@H](O)[C@@H]1C=C(c2ccc(-c3ccc(N4C[C@H](Cn5ccnn5)OC4=O)cc3F)cn2)NO1)c1cccnc1. The quantitative estimate of drug-likeness (QED) is 0.284. The van der Waals surface area contributed by atoms with Gasteiger partial charge in [-0.2, -0.15) is 0 Å². The minimum absolute atomic E-state index is 0.251. The van der Waals surface area contributed by atoms with E-state index >= 15 is 4.39 Å². The lowest BCUT2D eigenvalue weighted by Crippen LogP contribution is -2.32. The Hall–Kier alpha value is -5.21. The number of halogens is 1. The van der Waals surface area contributed by atoms with Crippen molar-refractivity contribution in [2.75, 3.05) is 18.1 Å². The monoisotopic (exact) mass is 573 g/mol. The van der Waals surface area contributed by atoms with Gasteiger partial charge in [-0.3, -0.25) is 25.2 Å². The van der Waals surface area contributed by atoms with Crippen LogP contribution in [0.3, 0.4) is 0 Å². The molecule has 1 aromatic carbocycles. The third-order valence-electron chi connectivity index (χ3n) is 6.65. The van der Waals surface area contributed by atoms with Gasteiger partial charge in [0.2, 0.25) is 0 Å². The summed E-state index contributed by atoms with van der Waals surface area (Å²) in [5.74, 6) is -1.14. The minimum atomic E-state index is -1.13. The molecule has 0 radical (unpaired) electrons. The number of pyridine rings is 2. The molecule has 2 aliphatic rings. The molecule has 1 saturated heterocycles. The second kappa shape index (κ2) is 11.7. The van der Waals surface area contributed by atoms with Gasteiger partial charge in [0.1, 0.15) is 30.7 Å². The number of cyclic esters (lactones) is 1. The molecule has 1 fully saturated rings. The van der Waals surface area contributed by atoms with Gasteiger partial charge in [0.25, 0.3) is 0 Å². The summed E-state index contributed by atoms with van der Waals surface area (Å²) in [5, 5.41) is 18.0. The topological polar surface area (TPSA) is 154 Å². The molecule has 1 amide bonds. The van der Waals surface area contributed by atoms with Crippen molar-refractivity contribution < 1.29 is 33.4 Å². The summed E-state index contributed by atoms with van der Waals surface area (Å²) in [7, 11) is 0. The first-order valence-corrected chi connectivity index (χ1v) is 12.9. The summed E-state index contributed by atoms with van der Waals surface area (Å²) in [6, 6.07) is 11.0. The van der Waals surface area contributed by atoms with Crippen molar-refractivity contribution >= 4 is 23.4 Å². The molecule has 0 unspecified atom stereocenters. The molecule has 0 saturated carbocycles. The standard InChI is InChI=1S/C28H24FN7O6/c29-22-10-19(36-15-20(41-28(36)39)14-35-9-8-32-34-35)4-5-21(22)17-3-6-23(31-13-17)24-11-26(42-33-24)25(37)16-40-27(38)18-2-1-7-30-12-18/h1-13,20,25-26,33,37H,14-16H2/t20-,25+,26-/m0/s1. The molecule has 5 heterocycles. The number of nitrogens with zero attached hydrogens (tertiary/aromatic N) is 6. The molecule has 13 nitrogen and oxygen atoms in total. The maximum Gasteiger partial charge on any atom is 0.414 e. The highest BCUT2D eigenvalue weighted by atomic mass is 19.1. The molecule has 2 N–H and O–H groups in total. The Morgan fingerprint density at radius 3 is 2.86 bits per heavy atom. The Balaban J connectivity index is 1.07. The van der Waals surface area contributed by atoms with Crippen LogP contribution in [0.25, 0.3) is 16.8 Å². The number of rotatable bonds is 9. The molecule has 0 aliphatic carbocycles. The third-order valence-corrected chi connectivity index (χ3v) is 6.65. The number of aliphatic hydroxyl groups is 1. The van der Waals surface area contributed by atoms with Crippen LogP contribution in [0, 0.1) is 5.82 Å². The van der Waals surface area contributed by atoms with Crippen LogP contribution in [-0.4, -0.2) is 73.6 Å². The van der Waals surface area contributed by atoms with Crippen LogP contribution >= 0.6 is 0 Å². The van der Waals surface area contributed by atoms with Crippen LogP contribution in [0.15, 0.2) is 79.5 Å². The van der Waals surface area contributed by atoms with E-state index in [4.69, 9.17) is 14.3 Å².